The van der Waals surface area contributed by atoms with Crippen LogP contribution in [0.4, 0.5) is 0 Å². The summed E-state index contributed by atoms with van der Waals surface area (Å²) in [6.45, 7) is 6.99. The van der Waals surface area contributed by atoms with Crippen LogP contribution in [-0.4, -0.2) is 0 Å². The predicted molar refractivity (Wildman–Crippen MR) is 152 cm³/mol. The maximum atomic E-state index is 6.21. The average molecular weight is 467 g/mol. The number of benzene rings is 5. The number of para-hydroxylation sites is 1. The molecule has 0 spiro atoms. The van der Waals surface area contributed by atoms with Crippen molar-refractivity contribution in [1.29, 1.82) is 0 Å². The summed E-state index contributed by atoms with van der Waals surface area (Å²) in [6, 6.07) is 43.4. The molecule has 0 fully saturated rings. The molecule has 1 unspecified atom stereocenters. The molecule has 0 aliphatic heterocycles. The van der Waals surface area contributed by atoms with Gasteiger partial charge in [0.05, 0.1) is 0 Å². The lowest BCUT2D eigenvalue weighted by atomic mass is 9.71. The van der Waals surface area contributed by atoms with E-state index in [2.05, 4.69) is 136 Å². The molecule has 36 heavy (non-hydrogen) atoms. The summed E-state index contributed by atoms with van der Waals surface area (Å²) >= 11 is 0. The fourth-order valence-corrected chi connectivity index (χ4v) is 5.54. The minimum Gasteiger partial charge on any atom is -0.456 e. The normalized spacial score (nSPS) is 12.8. The fraction of sp³-hybridized carbons (Fsp3) is 0.143. The van der Waals surface area contributed by atoms with Gasteiger partial charge in [0, 0.05) is 16.7 Å². The molecule has 0 aliphatic rings. The van der Waals surface area contributed by atoms with E-state index in [0.29, 0.717) is 0 Å². The molecule has 0 N–H and O–H groups in total. The quantitative estimate of drug-likeness (QED) is 0.252. The van der Waals surface area contributed by atoms with Crippen LogP contribution in [0.2, 0.25) is 0 Å². The molecule has 1 aromatic heterocycles. The largest absolute Gasteiger partial charge is 0.456 e. The van der Waals surface area contributed by atoms with E-state index in [9.17, 15) is 0 Å². The Morgan fingerprint density at radius 2 is 1.03 bits per heavy atom. The monoisotopic (exact) mass is 466 g/mol. The van der Waals surface area contributed by atoms with Gasteiger partial charge in [0.25, 0.3) is 0 Å². The smallest absolute Gasteiger partial charge is 0.135 e. The van der Waals surface area contributed by atoms with E-state index in [0.717, 1.165) is 11.2 Å². The van der Waals surface area contributed by atoms with Gasteiger partial charge in [-0.25, -0.2) is 0 Å². The van der Waals surface area contributed by atoms with Crippen molar-refractivity contribution in [3.63, 3.8) is 0 Å². The van der Waals surface area contributed by atoms with Gasteiger partial charge in [-0.1, -0.05) is 130 Å². The summed E-state index contributed by atoms with van der Waals surface area (Å²) < 4.78 is 6.21. The predicted octanol–water partition coefficient (Wildman–Crippen LogP) is 10.1. The van der Waals surface area contributed by atoms with Gasteiger partial charge in [-0.05, 0) is 50.9 Å². The first-order valence-corrected chi connectivity index (χ1v) is 12.6. The van der Waals surface area contributed by atoms with E-state index in [-0.39, 0.29) is 11.3 Å². The Bertz CT molecular complexity index is 1630. The molecule has 1 heteroatoms. The van der Waals surface area contributed by atoms with E-state index >= 15 is 0 Å². The van der Waals surface area contributed by atoms with E-state index in [1.165, 1.54) is 44.2 Å². The Labute approximate surface area is 213 Å². The summed E-state index contributed by atoms with van der Waals surface area (Å²) in [5.41, 5.74) is 9.53. The van der Waals surface area contributed by atoms with E-state index in [1.54, 1.807) is 0 Å². The molecule has 0 radical (unpaired) electrons. The number of hydrogen-bond acceptors (Lipinski definition) is 1. The van der Waals surface area contributed by atoms with Crippen molar-refractivity contribution in [1.82, 2.24) is 0 Å². The lowest BCUT2D eigenvalue weighted by molar-refractivity contribution is 0.360. The lowest BCUT2D eigenvalue weighted by Crippen LogP contribution is -2.20. The standard InChI is InChI=1S/C35H30O/c1-35(2,3)34(30-13-9-15-32-33(30)29-12-7-8-14-31(29)36-32)28-22-20-27(21-23-28)26-18-16-25(17-19-26)24-10-5-4-6-11-24/h4-23,34H,1-3H3. The van der Waals surface area contributed by atoms with Crippen LogP contribution in [0.5, 0.6) is 0 Å². The summed E-state index contributed by atoms with van der Waals surface area (Å²) in [5.74, 6) is 0.233. The van der Waals surface area contributed by atoms with E-state index in [4.69, 9.17) is 4.42 Å². The number of fused-ring (bicyclic) bond motifs is 3. The third-order valence-corrected chi connectivity index (χ3v) is 7.18. The number of hydrogen-bond donors (Lipinski definition) is 0. The van der Waals surface area contributed by atoms with Crippen LogP contribution in [0.3, 0.4) is 0 Å². The lowest BCUT2D eigenvalue weighted by Gasteiger charge is -2.32. The highest BCUT2D eigenvalue weighted by atomic mass is 16.3. The summed E-state index contributed by atoms with van der Waals surface area (Å²) in [5, 5.41) is 2.42. The first-order valence-electron chi connectivity index (χ1n) is 12.6. The summed E-state index contributed by atoms with van der Waals surface area (Å²) in [4.78, 5) is 0. The molecule has 1 heterocycles. The van der Waals surface area contributed by atoms with Crippen molar-refractivity contribution in [2.24, 2.45) is 5.41 Å². The molecule has 0 amide bonds. The first-order chi connectivity index (χ1) is 17.5. The SMILES string of the molecule is CC(C)(C)C(c1ccc(-c2ccc(-c3ccccc3)cc2)cc1)c1cccc2oc3ccccc3c12. The fourth-order valence-electron chi connectivity index (χ4n) is 5.54. The van der Waals surface area contributed by atoms with Crippen molar-refractivity contribution >= 4 is 21.9 Å². The highest BCUT2D eigenvalue weighted by molar-refractivity contribution is 6.07. The Hall–Kier alpha value is -4.10. The molecular weight excluding hydrogens is 436 g/mol. The zero-order chi connectivity index (χ0) is 24.7. The molecule has 0 saturated heterocycles. The Balaban J connectivity index is 1.39. The van der Waals surface area contributed by atoms with Gasteiger partial charge >= 0.3 is 0 Å². The van der Waals surface area contributed by atoms with Crippen LogP contribution in [0.1, 0.15) is 37.8 Å². The summed E-state index contributed by atoms with van der Waals surface area (Å²) in [6.07, 6.45) is 0. The molecule has 0 bridgehead atoms. The second-order valence-electron chi connectivity index (χ2n) is 10.7. The minimum absolute atomic E-state index is 0.0332. The van der Waals surface area contributed by atoms with Crippen LogP contribution in [0.15, 0.2) is 126 Å². The zero-order valence-electron chi connectivity index (χ0n) is 21.0. The van der Waals surface area contributed by atoms with Crippen LogP contribution in [0, 0.1) is 5.41 Å². The third-order valence-electron chi connectivity index (χ3n) is 7.18. The highest BCUT2D eigenvalue weighted by Crippen LogP contribution is 2.45. The van der Waals surface area contributed by atoms with Gasteiger partial charge in [-0.3, -0.25) is 0 Å². The Morgan fingerprint density at radius 1 is 0.500 bits per heavy atom. The molecule has 6 aromatic rings. The van der Waals surface area contributed by atoms with Crippen molar-refractivity contribution < 1.29 is 4.42 Å². The van der Waals surface area contributed by atoms with Crippen molar-refractivity contribution in [2.75, 3.05) is 0 Å². The van der Waals surface area contributed by atoms with Crippen molar-refractivity contribution in [2.45, 2.75) is 26.7 Å². The van der Waals surface area contributed by atoms with Crippen molar-refractivity contribution in [3.8, 4) is 22.3 Å². The average Bonchev–Trinajstić information content (AvgIpc) is 3.29. The van der Waals surface area contributed by atoms with Gasteiger partial charge in [0.1, 0.15) is 11.2 Å². The minimum atomic E-state index is 0.0332. The second-order valence-corrected chi connectivity index (χ2v) is 10.7. The Kier molecular flexibility index (Phi) is 5.49. The van der Waals surface area contributed by atoms with Crippen LogP contribution < -0.4 is 0 Å². The topological polar surface area (TPSA) is 13.1 Å². The molecule has 0 saturated carbocycles. The van der Waals surface area contributed by atoms with E-state index < -0.39 is 0 Å². The maximum absolute atomic E-state index is 6.21. The number of furan rings is 1. The first kappa shape index (κ1) is 22.4. The van der Waals surface area contributed by atoms with Gasteiger partial charge in [0.2, 0.25) is 0 Å². The van der Waals surface area contributed by atoms with Crippen LogP contribution >= 0.6 is 0 Å². The molecule has 1 nitrogen and oxygen atoms in total. The van der Waals surface area contributed by atoms with Crippen molar-refractivity contribution in [3.05, 3.63) is 132 Å². The van der Waals surface area contributed by atoms with Gasteiger partial charge in [-0.2, -0.15) is 0 Å². The molecule has 1 atom stereocenters. The molecular formula is C35H30O. The zero-order valence-corrected chi connectivity index (χ0v) is 21.0. The second kappa shape index (κ2) is 8.84. The third kappa shape index (κ3) is 4.01. The van der Waals surface area contributed by atoms with E-state index in [1.807, 2.05) is 6.07 Å². The van der Waals surface area contributed by atoms with Gasteiger partial charge < -0.3 is 4.42 Å². The van der Waals surface area contributed by atoms with Gasteiger partial charge in [-0.15, -0.1) is 0 Å². The summed E-state index contributed by atoms with van der Waals surface area (Å²) in [7, 11) is 0. The van der Waals surface area contributed by atoms with Gasteiger partial charge in [0.15, 0.2) is 0 Å². The highest BCUT2D eigenvalue weighted by Gasteiger charge is 2.30. The van der Waals surface area contributed by atoms with Crippen LogP contribution in [-0.2, 0) is 0 Å². The molecule has 6 rings (SSSR count). The number of rotatable bonds is 4. The molecule has 176 valence electrons. The Morgan fingerprint density at radius 3 is 1.67 bits per heavy atom. The van der Waals surface area contributed by atoms with Crippen LogP contribution in [0.25, 0.3) is 44.2 Å². The maximum Gasteiger partial charge on any atom is 0.135 e. The molecule has 0 aliphatic carbocycles. The molecule has 5 aromatic carbocycles.